The molecule has 4 rings (SSSR count). The number of nitro benzene ring substituents is 1. The summed E-state index contributed by atoms with van der Waals surface area (Å²) in [5, 5.41) is 21.7. The van der Waals surface area contributed by atoms with Gasteiger partial charge in [0.2, 0.25) is 5.88 Å². The lowest BCUT2D eigenvalue weighted by Gasteiger charge is -2.09. The van der Waals surface area contributed by atoms with E-state index in [0.717, 1.165) is 17.5 Å². The van der Waals surface area contributed by atoms with Crippen LogP contribution in [0.3, 0.4) is 0 Å². The van der Waals surface area contributed by atoms with E-state index in [1.807, 2.05) is 18.4 Å². The number of hydrogen-bond donors (Lipinski definition) is 1. The minimum absolute atomic E-state index is 0.00952. The number of non-ortho nitro benzene ring substituents is 1. The number of halogens is 1. The number of nitrogens with one attached hydrogen (secondary N) is 1. The van der Waals surface area contributed by atoms with E-state index in [9.17, 15) is 14.9 Å². The van der Waals surface area contributed by atoms with E-state index in [1.165, 1.54) is 12.1 Å². The SMILES string of the molecule is Cc1ncn(-c2ccc(Oc3ccc(NC(=O)c4ccc([N+](=O)[O-])cc4Cl)cc3)nn2)c1C. The van der Waals surface area contributed by atoms with Crippen molar-refractivity contribution in [3.05, 3.63) is 93.0 Å². The molecular weight excluding hydrogens is 448 g/mol. The minimum atomic E-state index is -0.579. The van der Waals surface area contributed by atoms with Crippen molar-refractivity contribution in [3.63, 3.8) is 0 Å². The number of anilines is 1. The summed E-state index contributed by atoms with van der Waals surface area (Å²) in [4.78, 5) is 26.9. The van der Waals surface area contributed by atoms with E-state index < -0.39 is 10.8 Å². The van der Waals surface area contributed by atoms with E-state index in [1.54, 1.807) is 42.7 Å². The summed E-state index contributed by atoms with van der Waals surface area (Å²) in [6.45, 7) is 3.87. The second-order valence-electron chi connectivity index (χ2n) is 7.02. The third-order valence-corrected chi connectivity index (χ3v) is 5.18. The molecule has 0 bridgehead atoms. The molecule has 0 fully saturated rings. The Kier molecular flexibility index (Phi) is 6.01. The summed E-state index contributed by atoms with van der Waals surface area (Å²) < 4.78 is 7.54. The van der Waals surface area contributed by atoms with E-state index >= 15 is 0 Å². The summed E-state index contributed by atoms with van der Waals surface area (Å²) in [5.74, 6) is 0.944. The Balaban J connectivity index is 1.41. The molecule has 33 heavy (non-hydrogen) atoms. The van der Waals surface area contributed by atoms with Crippen molar-refractivity contribution >= 4 is 28.9 Å². The minimum Gasteiger partial charge on any atom is -0.438 e. The first-order valence-electron chi connectivity index (χ1n) is 9.69. The second-order valence-corrected chi connectivity index (χ2v) is 7.42. The second kappa shape index (κ2) is 9.05. The maximum atomic E-state index is 12.4. The topological polar surface area (TPSA) is 125 Å². The van der Waals surface area contributed by atoms with Crippen LogP contribution in [0.4, 0.5) is 11.4 Å². The number of rotatable bonds is 6. The molecule has 0 unspecified atom stereocenters. The van der Waals surface area contributed by atoms with Crippen molar-refractivity contribution in [2.45, 2.75) is 13.8 Å². The van der Waals surface area contributed by atoms with Gasteiger partial charge in [-0.05, 0) is 50.2 Å². The number of nitrogens with zero attached hydrogens (tertiary/aromatic N) is 5. The van der Waals surface area contributed by atoms with Crippen molar-refractivity contribution < 1.29 is 14.5 Å². The monoisotopic (exact) mass is 464 g/mol. The van der Waals surface area contributed by atoms with Crippen LogP contribution in [0, 0.1) is 24.0 Å². The van der Waals surface area contributed by atoms with E-state index in [-0.39, 0.29) is 16.3 Å². The molecule has 0 aliphatic rings. The number of carbonyl (C=O) groups is 1. The number of nitro groups is 1. The van der Waals surface area contributed by atoms with Crippen molar-refractivity contribution in [1.82, 2.24) is 19.7 Å². The molecule has 11 heteroatoms. The maximum Gasteiger partial charge on any atom is 0.270 e. The van der Waals surface area contributed by atoms with Crippen molar-refractivity contribution in [1.29, 1.82) is 0 Å². The zero-order chi connectivity index (χ0) is 23.5. The molecule has 0 aliphatic carbocycles. The Morgan fingerprint density at radius 3 is 2.42 bits per heavy atom. The van der Waals surface area contributed by atoms with E-state index in [0.29, 0.717) is 23.1 Å². The highest BCUT2D eigenvalue weighted by molar-refractivity contribution is 6.34. The van der Waals surface area contributed by atoms with Crippen molar-refractivity contribution in [2.24, 2.45) is 0 Å². The van der Waals surface area contributed by atoms with Crippen LogP contribution in [0.2, 0.25) is 5.02 Å². The molecule has 0 saturated heterocycles. The molecule has 0 atom stereocenters. The van der Waals surface area contributed by atoms with Crippen LogP contribution in [0.25, 0.3) is 5.82 Å². The van der Waals surface area contributed by atoms with Gasteiger partial charge >= 0.3 is 0 Å². The molecule has 0 saturated carbocycles. The molecule has 0 spiro atoms. The van der Waals surface area contributed by atoms with Gasteiger partial charge in [0, 0.05) is 29.6 Å². The van der Waals surface area contributed by atoms with Gasteiger partial charge < -0.3 is 10.1 Å². The lowest BCUT2D eigenvalue weighted by Crippen LogP contribution is -2.12. The predicted molar refractivity (Wildman–Crippen MR) is 121 cm³/mol. The molecule has 0 aliphatic heterocycles. The third kappa shape index (κ3) is 4.80. The van der Waals surface area contributed by atoms with Gasteiger partial charge in [-0.2, -0.15) is 0 Å². The molecule has 166 valence electrons. The molecule has 2 aromatic carbocycles. The summed E-state index contributed by atoms with van der Waals surface area (Å²) in [6.07, 6.45) is 1.69. The third-order valence-electron chi connectivity index (χ3n) is 4.87. The normalized spacial score (nSPS) is 10.6. The summed E-state index contributed by atoms with van der Waals surface area (Å²) in [6, 6.07) is 13.7. The van der Waals surface area contributed by atoms with E-state index in [2.05, 4.69) is 20.5 Å². The highest BCUT2D eigenvalue weighted by Crippen LogP contribution is 2.25. The number of imidazole rings is 1. The largest absolute Gasteiger partial charge is 0.438 e. The molecule has 2 aromatic heterocycles. The number of amides is 1. The highest BCUT2D eigenvalue weighted by atomic mass is 35.5. The van der Waals surface area contributed by atoms with Crippen LogP contribution in [0.1, 0.15) is 21.7 Å². The summed E-state index contributed by atoms with van der Waals surface area (Å²) >= 11 is 6.01. The van der Waals surface area contributed by atoms with Gasteiger partial charge in [-0.25, -0.2) is 4.98 Å². The average molecular weight is 465 g/mol. The molecule has 1 amide bonds. The fourth-order valence-corrected chi connectivity index (χ4v) is 3.21. The molecule has 10 nitrogen and oxygen atoms in total. The number of ether oxygens (including phenoxy) is 1. The van der Waals surface area contributed by atoms with Crippen LogP contribution in [-0.4, -0.2) is 30.6 Å². The number of aryl methyl sites for hydroxylation is 1. The smallest absolute Gasteiger partial charge is 0.270 e. The number of benzene rings is 2. The first-order chi connectivity index (χ1) is 15.8. The zero-order valence-electron chi connectivity index (χ0n) is 17.5. The molecule has 1 N–H and O–H groups in total. The molecular formula is C22H17ClN6O4. The summed E-state index contributed by atoms with van der Waals surface area (Å²) in [5.41, 5.74) is 2.32. The van der Waals surface area contributed by atoms with Crippen molar-refractivity contribution in [3.8, 4) is 17.4 Å². The van der Waals surface area contributed by atoms with Crippen LogP contribution in [-0.2, 0) is 0 Å². The quantitative estimate of drug-likeness (QED) is 0.318. The maximum absolute atomic E-state index is 12.4. The zero-order valence-corrected chi connectivity index (χ0v) is 18.3. The standard InChI is InChI=1S/C22H17ClN6O4/c1-13-14(2)28(12-24-13)20-9-10-21(27-26-20)33-17-6-3-15(4-7-17)25-22(30)18-8-5-16(29(31)32)11-19(18)23/h3-12H,1-2H3,(H,25,30). The predicted octanol–water partition coefficient (Wildman–Crippen LogP) is 4.89. The Labute approximate surface area is 193 Å². The Hall–Kier alpha value is -4.31. The number of carbonyl (C=O) groups excluding carboxylic acids is 1. The molecule has 0 radical (unpaired) electrons. The lowest BCUT2D eigenvalue weighted by molar-refractivity contribution is -0.384. The van der Waals surface area contributed by atoms with E-state index in [4.69, 9.17) is 16.3 Å². The van der Waals surface area contributed by atoms with Crippen molar-refractivity contribution in [2.75, 3.05) is 5.32 Å². The Bertz CT molecular complexity index is 1340. The number of aromatic nitrogens is 4. The van der Waals surface area contributed by atoms with Gasteiger partial charge in [0.1, 0.15) is 12.1 Å². The molecule has 2 heterocycles. The van der Waals surface area contributed by atoms with Crippen LogP contribution in [0.5, 0.6) is 11.6 Å². The first-order valence-corrected chi connectivity index (χ1v) is 10.1. The lowest BCUT2D eigenvalue weighted by atomic mass is 10.2. The van der Waals surface area contributed by atoms with Gasteiger partial charge in [0.25, 0.3) is 11.6 Å². The average Bonchev–Trinajstić information content (AvgIpc) is 3.13. The van der Waals surface area contributed by atoms with Crippen LogP contribution < -0.4 is 10.1 Å². The Morgan fingerprint density at radius 1 is 1.09 bits per heavy atom. The number of hydrogen-bond acceptors (Lipinski definition) is 7. The molecule has 4 aromatic rings. The first kappa shape index (κ1) is 21.9. The van der Waals surface area contributed by atoms with Crippen LogP contribution in [0.15, 0.2) is 60.9 Å². The van der Waals surface area contributed by atoms with Gasteiger partial charge in [0.15, 0.2) is 5.82 Å². The Morgan fingerprint density at radius 2 is 1.85 bits per heavy atom. The van der Waals surface area contributed by atoms with Crippen LogP contribution >= 0.6 is 11.6 Å². The highest BCUT2D eigenvalue weighted by Gasteiger charge is 2.15. The fourth-order valence-electron chi connectivity index (χ4n) is 2.95. The summed E-state index contributed by atoms with van der Waals surface area (Å²) in [7, 11) is 0. The van der Waals surface area contributed by atoms with Gasteiger partial charge in [-0.3, -0.25) is 19.5 Å². The van der Waals surface area contributed by atoms with Gasteiger partial charge in [-0.15, -0.1) is 10.2 Å². The fraction of sp³-hybridized carbons (Fsp3) is 0.0909. The van der Waals surface area contributed by atoms with Gasteiger partial charge in [0.05, 0.1) is 21.2 Å². The van der Waals surface area contributed by atoms with Gasteiger partial charge in [-0.1, -0.05) is 11.6 Å².